The van der Waals surface area contributed by atoms with Crippen LogP contribution in [0.5, 0.6) is 0 Å². The smallest absolute Gasteiger partial charge is 0.224 e. The minimum absolute atomic E-state index is 0.122. The van der Waals surface area contributed by atoms with Crippen molar-refractivity contribution >= 4 is 22.5 Å². The molecule has 2 saturated heterocycles. The molecule has 0 spiro atoms. The maximum absolute atomic E-state index is 13.6. The Bertz CT molecular complexity index is 1390. The number of fused-ring (bicyclic) bond motifs is 2. The molecule has 2 aliphatic rings. The van der Waals surface area contributed by atoms with Crippen LogP contribution in [0.4, 0.5) is 0 Å². The Morgan fingerprint density at radius 1 is 0.722 bits per heavy atom. The number of piperidine rings is 1. The molecule has 2 atom stereocenters. The fourth-order valence-electron chi connectivity index (χ4n) is 5.83. The summed E-state index contributed by atoms with van der Waals surface area (Å²) < 4.78 is 0. The van der Waals surface area contributed by atoms with E-state index in [2.05, 4.69) is 77.7 Å². The second-order valence-corrected chi connectivity index (χ2v) is 10.0. The highest BCUT2D eigenvalue weighted by atomic mass is 16.2. The maximum atomic E-state index is 13.6. The summed E-state index contributed by atoms with van der Waals surface area (Å²) in [5.41, 5.74) is 4.79. The van der Waals surface area contributed by atoms with Crippen LogP contribution in [-0.2, 0) is 22.6 Å². The van der Waals surface area contributed by atoms with Gasteiger partial charge in [0.15, 0.2) is 5.78 Å². The highest BCUT2D eigenvalue weighted by Crippen LogP contribution is 2.30. The lowest BCUT2D eigenvalue weighted by molar-refractivity contribution is -0.152. The fraction of sp³-hybridized carbons (Fsp3) is 0.250. The first-order valence-electron chi connectivity index (χ1n) is 12.8. The average molecular weight is 475 g/mol. The van der Waals surface area contributed by atoms with Gasteiger partial charge in [0.1, 0.15) is 6.04 Å². The molecule has 0 aromatic heterocycles. The molecule has 2 heterocycles. The molecule has 2 aliphatic heterocycles. The molecule has 0 bridgehead atoms. The zero-order valence-electron chi connectivity index (χ0n) is 20.3. The van der Waals surface area contributed by atoms with Gasteiger partial charge in [-0.3, -0.25) is 14.5 Å². The molecule has 0 saturated carbocycles. The van der Waals surface area contributed by atoms with Crippen LogP contribution in [0.1, 0.15) is 17.5 Å². The predicted octanol–water partition coefficient (Wildman–Crippen LogP) is 5.35. The second-order valence-electron chi connectivity index (χ2n) is 10.0. The van der Waals surface area contributed by atoms with E-state index in [1.54, 1.807) is 0 Å². The average Bonchev–Trinajstić information content (AvgIpc) is 2.93. The molecule has 0 aliphatic carbocycles. The summed E-state index contributed by atoms with van der Waals surface area (Å²) in [5.74, 6) is 0.0815. The molecule has 1 amide bonds. The number of carbonyl (C=O) groups excluding carboxylic acids is 2. The number of nitrogens with zero attached hydrogens (tertiary/aromatic N) is 2. The Kier molecular flexibility index (Phi) is 6.12. The zero-order chi connectivity index (χ0) is 24.5. The highest BCUT2D eigenvalue weighted by Gasteiger charge is 2.43. The number of benzene rings is 4. The van der Waals surface area contributed by atoms with Gasteiger partial charge in [0, 0.05) is 38.5 Å². The van der Waals surface area contributed by atoms with E-state index < -0.39 is 0 Å². The first-order valence-corrected chi connectivity index (χ1v) is 12.8. The quantitative estimate of drug-likeness (QED) is 0.391. The Morgan fingerprint density at radius 2 is 1.44 bits per heavy atom. The molecule has 4 nitrogen and oxygen atoms in total. The molecule has 0 radical (unpaired) electrons. The van der Waals surface area contributed by atoms with Crippen LogP contribution in [0.3, 0.4) is 0 Å². The van der Waals surface area contributed by atoms with E-state index in [9.17, 15) is 9.59 Å². The van der Waals surface area contributed by atoms with E-state index in [-0.39, 0.29) is 23.7 Å². The van der Waals surface area contributed by atoms with Crippen LogP contribution in [0.15, 0.2) is 97.1 Å². The van der Waals surface area contributed by atoms with Crippen molar-refractivity contribution in [2.45, 2.75) is 25.4 Å². The van der Waals surface area contributed by atoms with Crippen molar-refractivity contribution in [1.82, 2.24) is 9.80 Å². The van der Waals surface area contributed by atoms with Gasteiger partial charge >= 0.3 is 0 Å². The molecule has 6 rings (SSSR count). The second kappa shape index (κ2) is 9.71. The number of carbonyl (C=O) groups is 2. The first-order chi connectivity index (χ1) is 17.7. The third-order valence-corrected chi connectivity index (χ3v) is 7.75. The number of hydrogen-bond acceptors (Lipinski definition) is 3. The van der Waals surface area contributed by atoms with E-state index in [1.807, 2.05) is 29.2 Å². The lowest BCUT2D eigenvalue weighted by Gasteiger charge is -2.45. The fourth-order valence-corrected chi connectivity index (χ4v) is 5.83. The van der Waals surface area contributed by atoms with Gasteiger partial charge in [0.05, 0.1) is 0 Å². The Hall–Kier alpha value is -3.76. The topological polar surface area (TPSA) is 40.6 Å². The molecular formula is C32H30N2O2. The molecule has 0 N–H and O–H groups in total. The van der Waals surface area contributed by atoms with Crippen molar-refractivity contribution in [1.29, 1.82) is 0 Å². The van der Waals surface area contributed by atoms with E-state index in [0.29, 0.717) is 25.9 Å². The van der Waals surface area contributed by atoms with Gasteiger partial charge in [-0.2, -0.15) is 0 Å². The van der Waals surface area contributed by atoms with Crippen molar-refractivity contribution in [3.05, 3.63) is 108 Å². The lowest BCUT2D eigenvalue weighted by atomic mass is 9.82. The third kappa shape index (κ3) is 4.45. The van der Waals surface area contributed by atoms with Crippen LogP contribution < -0.4 is 0 Å². The summed E-state index contributed by atoms with van der Waals surface area (Å²) in [6.45, 7) is 2.81. The van der Waals surface area contributed by atoms with Crippen LogP contribution in [0, 0.1) is 5.92 Å². The SMILES string of the molecule is O=C1C(Cc2cccc3ccccc23)CC(=O)N2CCN(Cc3ccc(-c4ccccc4)cc3)CC12. The Morgan fingerprint density at radius 3 is 2.28 bits per heavy atom. The van der Waals surface area contributed by atoms with Crippen molar-refractivity contribution in [3.8, 4) is 11.1 Å². The Labute approximate surface area is 212 Å². The normalized spacial score (nSPS) is 20.5. The number of piperazine rings is 1. The van der Waals surface area contributed by atoms with E-state index >= 15 is 0 Å². The molecule has 4 aromatic rings. The van der Waals surface area contributed by atoms with E-state index in [0.717, 1.165) is 18.7 Å². The standard InChI is InChI=1S/C32H30N2O2/c35-31-20-28(19-27-11-6-10-26-9-4-5-12-29(26)27)32(36)30-22-33(17-18-34(30)31)21-23-13-15-25(16-14-23)24-7-2-1-3-8-24/h1-16,28,30H,17-22H2. The summed E-state index contributed by atoms with van der Waals surface area (Å²) in [7, 11) is 0. The molecule has 2 fully saturated rings. The summed E-state index contributed by atoms with van der Waals surface area (Å²) in [6, 6.07) is 33.2. The van der Waals surface area contributed by atoms with Crippen molar-refractivity contribution in [2.75, 3.05) is 19.6 Å². The van der Waals surface area contributed by atoms with Crippen LogP contribution in [0.25, 0.3) is 21.9 Å². The summed E-state index contributed by atoms with van der Waals surface area (Å²) in [4.78, 5) is 30.8. The van der Waals surface area contributed by atoms with Gasteiger partial charge in [-0.1, -0.05) is 97.1 Å². The van der Waals surface area contributed by atoms with Crippen molar-refractivity contribution < 1.29 is 9.59 Å². The summed E-state index contributed by atoms with van der Waals surface area (Å²) >= 11 is 0. The number of Topliss-reactive ketones (excluding diaryl/α,β-unsaturated/α-hetero) is 1. The van der Waals surface area contributed by atoms with E-state index in [1.165, 1.54) is 27.5 Å². The summed E-state index contributed by atoms with van der Waals surface area (Å²) in [6.07, 6.45) is 0.941. The first kappa shape index (κ1) is 22.7. The van der Waals surface area contributed by atoms with Gasteiger partial charge in [0.2, 0.25) is 5.91 Å². The largest absolute Gasteiger partial charge is 0.330 e. The van der Waals surface area contributed by atoms with Crippen LogP contribution in [-0.4, -0.2) is 47.2 Å². The van der Waals surface area contributed by atoms with Gasteiger partial charge in [-0.05, 0) is 39.4 Å². The highest BCUT2D eigenvalue weighted by molar-refractivity contribution is 5.98. The number of hydrogen-bond donors (Lipinski definition) is 0. The predicted molar refractivity (Wildman–Crippen MR) is 143 cm³/mol. The van der Waals surface area contributed by atoms with Crippen molar-refractivity contribution in [2.24, 2.45) is 5.92 Å². The Balaban J connectivity index is 1.16. The van der Waals surface area contributed by atoms with Crippen LogP contribution in [0.2, 0.25) is 0 Å². The lowest BCUT2D eigenvalue weighted by Crippen LogP contribution is -2.62. The van der Waals surface area contributed by atoms with Gasteiger partial charge in [-0.25, -0.2) is 0 Å². The van der Waals surface area contributed by atoms with E-state index in [4.69, 9.17) is 0 Å². The van der Waals surface area contributed by atoms with Crippen LogP contribution >= 0.6 is 0 Å². The molecule has 4 aromatic carbocycles. The third-order valence-electron chi connectivity index (χ3n) is 7.75. The summed E-state index contributed by atoms with van der Waals surface area (Å²) in [5, 5.41) is 2.35. The molecule has 180 valence electrons. The minimum atomic E-state index is -0.344. The molecular weight excluding hydrogens is 444 g/mol. The van der Waals surface area contributed by atoms with Gasteiger partial charge < -0.3 is 4.90 Å². The van der Waals surface area contributed by atoms with Gasteiger partial charge in [0.25, 0.3) is 0 Å². The molecule has 2 unspecified atom stereocenters. The minimum Gasteiger partial charge on any atom is -0.330 e. The number of rotatable bonds is 5. The zero-order valence-corrected chi connectivity index (χ0v) is 20.3. The number of ketones is 1. The molecule has 36 heavy (non-hydrogen) atoms. The van der Waals surface area contributed by atoms with Gasteiger partial charge in [-0.15, -0.1) is 0 Å². The number of amides is 1. The maximum Gasteiger partial charge on any atom is 0.224 e. The monoisotopic (exact) mass is 474 g/mol. The molecule has 4 heteroatoms. The van der Waals surface area contributed by atoms with Crippen molar-refractivity contribution in [3.63, 3.8) is 0 Å².